The third kappa shape index (κ3) is 4.13. The van der Waals surface area contributed by atoms with Gasteiger partial charge in [0.05, 0.1) is 9.82 Å². The highest BCUT2D eigenvalue weighted by Crippen LogP contribution is 2.26. The number of sulfonamides is 1. The third-order valence-electron chi connectivity index (χ3n) is 3.41. The van der Waals surface area contributed by atoms with Gasteiger partial charge in [-0.15, -0.1) is 0 Å². The van der Waals surface area contributed by atoms with Gasteiger partial charge in [-0.05, 0) is 43.8 Å². The van der Waals surface area contributed by atoms with Gasteiger partial charge in [-0.2, -0.15) is 0 Å². The first-order valence-electron chi connectivity index (χ1n) is 6.95. The first kappa shape index (κ1) is 18.8. The highest BCUT2D eigenvalue weighted by molar-refractivity contribution is 7.89. The normalized spacial score (nSPS) is 11.2. The van der Waals surface area contributed by atoms with Crippen molar-refractivity contribution in [3.05, 3.63) is 62.7 Å². The number of rotatable bonds is 5. The molecule has 0 aliphatic heterocycles. The fourth-order valence-corrected chi connectivity index (χ4v) is 3.25. The van der Waals surface area contributed by atoms with Crippen LogP contribution in [0.1, 0.15) is 15.9 Å². The number of anilines is 1. The molecule has 0 atom stereocenters. The van der Waals surface area contributed by atoms with Crippen molar-refractivity contribution in [2.45, 2.75) is 11.8 Å². The molecule has 25 heavy (non-hydrogen) atoms. The Kier molecular flexibility index (Phi) is 5.41. The zero-order chi connectivity index (χ0) is 18.8. The van der Waals surface area contributed by atoms with Crippen molar-refractivity contribution in [3.63, 3.8) is 0 Å². The van der Waals surface area contributed by atoms with E-state index in [9.17, 15) is 23.3 Å². The summed E-state index contributed by atoms with van der Waals surface area (Å²) in [6.07, 6.45) is 0. The van der Waals surface area contributed by atoms with Gasteiger partial charge in [0.15, 0.2) is 0 Å². The van der Waals surface area contributed by atoms with E-state index in [2.05, 4.69) is 10.0 Å². The van der Waals surface area contributed by atoms with Crippen LogP contribution in [0.15, 0.2) is 41.3 Å². The highest BCUT2D eigenvalue weighted by Gasteiger charge is 2.18. The molecule has 0 heterocycles. The van der Waals surface area contributed by atoms with E-state index in [1.54, 1.807) is 13.0 Å². The van der Waals surface area contributed by atoms with Gasteiger partial charge < -0.3 is 5.32 Å². The third-order valence-corrected chi connectivity index (χ3v) is 5.29. The standard InChI is InChI=1S/C15H14ClN3O5S/c1-9-3-5-11(8-14(9)25(23,24)17-2)18-15(20)10-4-6-12(16)13(7-10)19(21)22/h3-8,17H,1-2H3,(H,18,20). The lowest BCUT2D eigenvalue weighted by Crippen LogP contribution is -2.20. The van der Waals surface area contributed by atoms with Gasteiger partial charge in [-0.25, -0.2) is 13.1 Å². The Morgan fingerprint density at radius 1 is 1.20 bits per heavy atom. The van der Waals surface area contributed by atoms with Crippen molar-refractivity contribution in [3.8, 4) is 0 Å². The van der Waals surface area contributed by atoms with Crippen molar-refractivity contribution in [1.29, 1.82) is 0 Å². The lowest BCUT2D eigenvalue weighted by molar-refractivity contribution is -0.384. The Bertz CT molecular complexity index is 960. The van der Waals surface area contributed by atoms with Crippen molar-refractivity contribution < 1.29 is 18.1 Å². The van der Waals surface area contributed by atoms with Gasteiger partial charge in [-0.1, -0.05) is 17.7 Å². The van der Waals surface area contributed by atoms with E-state index in [4.69, 9.17) is 11.6 Å². The van der Waals surface area contributed by atoms with Crippen LogP contribution in [-0.4, -0.2) is 26.3 Å². The van der Waals surface area contributed by atoms with E-state index < -0.39 is 26.5 Å². The van der Waals surface area contributed by atoms with Crippen molar-refractivity contribution in [2.75, 3.05) is 12.4 Å². The second-order valence-electron chi connectivity index (χ2n) is 5.07. The molecule has 132 valence electrons. The molecule has 0 aliphatic rings. The summed E-state index contributed by atoms with van der Waals surface area (Å²) in [7, 11) is -2.40. The molecule has 0 saturated heterocycles. The number of hydrogen-bond donors (Lipinski definition) is 2. The van der Waals surface area contributed by atoms with Crippen molar-refractivity contribution in [2.24, 2.45) is 0 Å². The molecule has 2 aromatic rings. The van der Waals surface area contributed by atoms with Gasteiger partial charge in [0.25, 0.3) is 11.6 Å². The van der Waals surface area contributed by atoms with Crippen molar-refractivity contribution >= 4 is 38.9 Å². The van der Waals surface area contributed by atoms with E-state index >= 15 is 0 Å². The first-order chi connectivity index (χ1) is 11.7. The lowest BCUT2D eigenvalue weighted by Gasteiger charge is -2.10. The smallest absolute Gasteiger partial charge is 0.288 e. The Morgan fingerprint density at radius 2 is 1.88 bits per heavy atom. The highest BCUT2D eigenvalue weighted by atomic mass is 35.5. The topological polar surface area (TPSA) is 118 Å². The second kappa shape index (κ2) is 7.18. The predicted octanol–water partition coefficient (Wildman–Crippen LogP) is 2.72. The number of aryl methyl sites for hydroxylation is 1. The van der Waals surface area contributed by atoms with Gasteiger partial charge in [0.2, 0.25) is 10.0 Å². The molecular weight excluding hydrogens is 370 g/mol. The molecule has 2 N–H and O–H groups in total. The fraction of sp³-hybridized carbons (Fsp3) is 0.133. The van der Waals surface area contributed by atoms with Gasteiger partial charge in [0.1, 0.15) is 5.02 Å². The summed E-state index contributed by atoms with van der Waals surface area (Å²) in [5.41, 5.74) is 0.378. The van der Waals surface area contributed by atoms with Crippen LogP contribution in [-0.2, 0) is 10.0 Å². The quantitative estimate of drug-likeness (QED) is 0.607. The molecule has 10 heteroatoms. The molecule has 2 rings (SSSR count). The Hall–Kier alpha value is -2.49. The maximum Gasteiger partial charge on any atom is 0.288 e. The van der Waals surface area contributed by atoms with Crippen molar-refractivity contribution in [1.82, 2.24) is 4.72 Å². The lowest BCUT2D eigenvalue weighted by atomic mass is 10.1. The van der Waals surface area contributed by atoms with Crippen LogP contribution >= 0.6 is 11.6 Å². The number of halogens is 1. The molecule has 1 amide bonds. The average molecular weight is 384 g/mol. The summed E-state index contributed by atoms with van der Waals surface area (Å²) in [5, 5.41) is 13.3. The van der Waals surface area contributed by atoms with Crippen LogP contribution in [0.4, 0.5) is 11.4 Å². The Labute approximate surface area is 149 Å². The summed E-state index contributed by atoms with van der Waals surface area (Å²) >= 11 is 5.71. The minimum absolute atomic E-state index is 0.0229. The number of carbonyl (C=O) groups excluding carboxylic acids is 1. The number of carbonyl (C=O) groups is 1. The van der Waals surface area contributed by atoms with Gasteiger partial charge in [0, 0.05) is 17.3 Å². The SMILES string of the molecule is CNS(=O)(=O)c1cc(NC(=O)c2ccc(Cl)c([N+](=O)[O-])c2)ccc1C. The van der Waals surface area contributed by atoms with Crippen LogP contribution in [0.2, 0.25) is 5.02 Å². The van der Waals surface area contributed by atoms with Gasteiger partial charge >= 0.3 is 0 Å². The fourth-order valence-electron chi connectivity index (χ4n) is 2.07. The van der Waals surface area contributed by atoms with Crippen LogP contribution in [0.3, 0.4) is 0 Å². The largest absolute Gasteiger partial charge is 0.322 e. The molecule has 0 spiro atoms. The van der Waals surface area contributed by atoms with E-state index in [1.165, 1.54) is 31.3 Å². The van der Waals surface area contributed by atoms with E-state index in [0.29, 0.717) is 5.56 Å². The summed E-state index contributed by atoms with van der Waals surface area (Å²) in [6, 6.07) is 8.03. The number of nitro groups is 1. The second-order valence-corrected chi connectivity index (χ2v) is 7.33. The summed E-state index contributed by atoms with van der Waals surface area (Å²) in [4.78, 5) is 22.5. The molecule has 2 aromatic carbocycles. The van der Waals surface area contributed by atoms with Crippen LogP contribution in [0.5, 0.6) is 0 Å². The molecule has 0 bridgehead atoms. The van der Waals surface area contributed by atoms with E-state index in [0.717, 1.165) is 6.07 Å². The van der Waals surface area contributed by atoms with Crippen LogP contribution in [0.25, 0.3) is 0 Å². The van der Waals surface area contributed by atoms with E-state index in [-0.39, 0.29) is 21.2 Å². The Balaban J connectivity index is 2.35. The average Bonchev–Trinajstić information content (AvgIpc) is 2.56. The zero-order valence-electron chi connectivity index (χ0n) is 13.2. The number of hydrogen-bond acceptors (Lipinski definition) is 5. The van der Waals surface area contributed by atoms with Gasteiger partial charge in [-0.3, -0.25) is 14.9 Å². The number of nitrogens with one attached hydrogen (secondary N) is 2. The summed E-state index contributed by atoms with van der Waals surface area (Å²) in [5.74, 6) is -0.628. The molecule has 0 aliphatic carbocycles. The number of benzene rings is 2. The molecule has 0 radical (unpaired) electrons. The molecule has 8 nitrogen and oxygen atoms in total. The number of nitrogens with zero attached hydrogens (tertiary/aromatic N) is 1. The molecule has 0 fully saturated rings. The monoisotopic (exact) mass is 383 g/mol. The van der Waals surface area contributed by atoms with Crippen LogP contribution in [0, 0.1) is 17.0 Å². The summed E-state index contributed by atoms with van der Waals surface area (Å²) < 4.78 is 26.2. The number of amides is 1. The maximum absolute atomic E-state index is 12.3. The molecule has 0 aromatic heterocycles. The maximum atomic E-state index is 12.3. The van der Waals surface area contributed by atoms with Crippen LogP contribution < -0.4 is 10.0 Å². The zero-order valence-corrected chi connectivity index (χ0v) is 14.8. The minimum Gasteiger partial charge on any atom is -0.322 e. The predicted molar refractivity (Wildman–Crippen MR) is 93.5 cm³/mol. The molecule has 0 saturated carbocycles. The Morgan fingerprint density at radius 3 is 2.48 bits per heavy atom. The van der Waals surface area contributed by atoms with E-state index in [1.807, 2.05) is 0 Å². The molecular formula is C15H14ClN3O5S. The molecule has 0 unspecified atom stereocenters. The minimum atomic E-state index is -3.68. The first-order valence-corrected chi connectivity index (χ1v) is 8.81. The summed E-state index contributed by atoms with van der Waals surface area (Å²) in [6.45, 7) is 1.62. The number of nitro benzene ring substituents is 1.